The van der Waals surface area contributed by atoms with Gasteiger partial charge in [0.15, 0.2) is 5.65 Å². The predicted molar refractivity (Wildman–Crippen MR) is 124 cm³/mol. The van der Waals surface area contributed by atoms with Gasteiger partial charge >= 0.3 is 6.09 Å². The van der Waals surface area contributed by atoms with Crippen LogP contribution in [0.1, 0.15) is 38.1 Å². The van der Waals surface area contributed by atoms with Crippen LogP contribution >= 0.6 is 0 Å². The van der Waals surface area contributed by atoms with E-state index in [2.05, 4.69) is 20.7 Å². The minimum atomic E-state index is -0.353. The normalized spacial score (nSPS) is 11.3. The van der Waals surface area contributed by atoms with Gasteiger partial charge in [-0.1, -0.05) is 12.1 Å². The number of imidazole rings is 1. The van der Waals surface area contributed by atoms with Crippen LogP contribution in [0.5, 0.6) is 0 Å². The van der Waals surface area contributed by atoms with Crippen molar-refractivity contribution in [2.75, 3.05) is 32.1 Å². The zero-order chi connectivity index (χ0) is 23.3. The summed E-state index contributed by atoms with van der Waals surface area (Å²) in [4.78, 5) is 30.0. The molecule has 3 rings (SSSR count). The highest BCUT2D eigenvalue weighted by molar-refractivity contribution is 5.95. The van der Waals surface area contributed by atoms with Gasteiger partial charge in [0.1, 0.15) is 5.82 Å². The van der Waals surface area contributed by atoms with Gasteiger partial charge in [-0.15, -0.1) is 5.10 Å². The summed E-state index contributed by atoms with van der Waals surface area (Å²) in [5.41, 5.74) is 2.73. The first kappa shape index (κ1) is 23.1. The fourth-order valence-electron chi connectivity index (χ4n) is 3.05. The van der Waals surface area contributed by atoms with Crippen molar-refractivity contribution in [3.63, 3.8) is 0 Å². The van der Waals surface area contributed by atoms with E-state index in [1.165, 1.54) is 4.90 Å². The summed E-state index contributed by atoms with van der Waals surface area (Å²) in [6.45, 7) is 8.97. The van der Waals surface area contributed by atoms with Crippen LogP contribution < -0.4 is 10.6 Å². The Morgan fingerprint density at radius 3 is 2.50 bits per heavy atom. The number of carbonyl (C=O) groups is 2. The lowest BCUT2D eigenvalue weighted by molar-refractivity contribution is 0.0919. The highest BCUT2D eigenvalue weighted by Crippen LogP contribution is 2.21. The Morgan fingerprint density at radius 1 is 1.12 bits per heavy atom. The number of nitrogens with one attached hydrogen (secondary N) is 2. The largest absolute Gasteiger partial charge is 0.450 e. The molecule has 1 aromatic carbocycles. The summed E-state index contributed by atoms with van der Waals surface area (Å²) in [5.74, 6) is 0.551. The van der Waals surface area contributed by atoms with E-state index in [1.54, 1.807) is 36.8 Å². The molecule has 0 saturated carbocycles. The van der Waals surface area contributed by atoms with Crippen LogP contribution in [0, 0.1) is 0 Å². The van der Waals surface area contributed by atoms with E-state index < -0.39 is 0 Å². The van der Waals surface area contributed by atoms with E-state index in [-0.39, 0.29) is 17.5 Å². The molecule has 2 amide bonds. The molecule has 3 aromatic rings. The highest BCUT2D eigenvalue weighted by Gasteiger charge is 2.16. The predicted octanol–water partition coefficient (Wildman–Crippen LogP) is 3.42. The summed E-state index contributed by atoms with van der Waals surface area (Å²) < 4.78 is 6.72. The van der Waals surface area contributed by atoms with Gasteiger partial charge in [-0.25, -0.2) is 14.3 Å². The number of amides is 2. The van der Waals surface area contributed by atoms with Gasteiger partial charge in [-0.3, -0.25) is 4.79 Å². The molecule has 0 fully saturated rings. The molecule has 9 nitrogen and oxygen atoms in total. The zero-order valence-electron chi connectivity index (χ0n) is 19.2. The van der Waals surface area contributed by atoms with Crippen LogP contribution in [-0.4, -0.2) is 63.8 Å². The Hall–Kier alpha value is -3.62. The molecule has 32 heavy (non-hydrogen) atoms. The minimum Gasteiger partial charge on any atom is -0.450 e. The Labute approximate surface area is 187 Å². The van der Waals surface area contributed by atoms with Crippen LogP contribution in [0.15, 0.2) is 42.6 Å². The number of hydrogen-bond acceptors (Lipinski definition) is 6. The van der Waals surface area contributed by atoms with Gasteiger partial charge in [-0.2, -0.15) is 0 Å². The number of likely N-dealkylation sites (N-methyl/N-ethyl adjacent to an activating group) is 1. The third-order valence-corrected chi connectivity index (χ3v) is 4.63. The van der Waals surface area contributed by atoms with Gasteiger partial charge in [0.25, 0.3) is 5.91 Å². The molecule has 0 atom stereocenters. The lowest BCUT2D eigenvalue weighted by Gasteiger charge is -2.20. The first-order valence-electron chi connectivity index (χ1n) is 10.6. The summed E-state index contributed by atoms with van der Waals surface area (Å²) in [5, 5.41) is 10.8. The molecule has 0 bridgehead atoms. The van der Waals surface area contributed by atoms with E-state index in [0.717, 1.165) is 11.3 Å². The van der Waals surface area contributed by atoms with E-state index >= 15 is 0 Å². The third kappa shape index (κ3) is 5.75. The number of carbonyl (C=O) groups excluding carboxylic acids is 2. The fraction of sp³-hybridized carbons (Fsp3) is 0.391. The fourth-order valence-corrected chi connectivity index (χ4v) is 3.05. The molecule has 2 aromatic heterocycles. The van der Waals surface area contributed by atoms with Crippen LogP contribution in [0.4, 0.5) is 10.6 Å². The number of nitrogens with zero attached hydrogens (tertiary/aromatic N) is 4. The lowest BCUT2D eigenvalue weighted by atomic mass is 10.1. The molecular formula is C23H30N6O3. The number of benzene rings is 1. The molecular weight excluding hydrogens is 408 g/mol. The van der Waals surface area contributed by atoms with Crippen molar-refractivity contribution in [1.82, 2.24) is 24.8 Å². The van der Waals surface area contributed by atoms with Crippen molar-refractivity contribution in [2.45, 2.75) is 33.2 Å². The van der Waals surface area contributed by atoms with Gasteiger partial charge < -0.3 is 20.3 Å². The maximum atomic E-state index is 12.4. The standard InChI is InChI=1S/C23H30N6O3/c1-6-32-22(31)28(5)14-13-24-19-11-12-20-25-15-18(29(20)27-19)16-7-9-17(10-8-16)21(30)26-23(2,3)4/h7-12,15H,6,13-14H2,1-5H3,(H,24,27)(H,26,30). The van der Waals surface area contributed by atoms with E-state index in [1.807, 2.05) is 45.0 Å². The average molecular weight is 439 g/mol. The monoisotopic (exact) mass is 438 g/mol. The Bertz CT molecular complexity index is 1090. The quantitative estimate of drug-likeness (QED) is 0.586. The van der Waals surface area contributed by atoms with Crippen molar-refractivity contribution in [3.05, 3.63) is 48.2 Å². The van der Waals surface area contributed by atoms with E-state index in [0.29, 0.717) is 36.7 Å². The Balaban J connectivity index is 1.72. The van der Waals surface area contributed by atoms with E-state index in [9.17, 15) is 9.59 Å². The van der Waals surface area contributed by atoms with E-state index in [4.69, 9.17) is 4.74 Å². The summed E-state index contributed by atoms with van der Waals surface area (Å²) in [6.07, 6.45) is 1.40. The number of fused-ring (bicyclic) bond motifs is 1. The topological polar surface area (TPSA) is 101 Å². The molecule has 2 N–H and O–H groups in total. The second kappa shape index (κ2) is 9.67. The van der Waals surface area contributed by atoms with Gasteiger partial charge in [0.2, 0.25) is 0 Å². The molecule has 0 saturated heterocycles. The van der Waals surface area contributed by atoms with Crippen LogP contribution in [0.25, 0.3) is 16.9 Å². The van der Waals surface area contributed by atoms with Crippen LogP contribution in [0.3, 0.4) is 0 Å². The number of anilines is 1. The molecule has 9 heteroatoms. The van der Waals surface area contributed by atoms with Crippen LogP contribution in [-0.2, 0) is 4.74 Å². The number of hydrogen-bond donors (Lipinski definition) is 2. The molecule has 170 valence electrons. The van der Waals surface area contributed by atoms with Crippen molar-refractivity contribution >= 4 is 23.5 Å². The minimum absolute atomic E-state index is 0.111. The Kier molecular flexibility index (Phi) is 6.97. The maximum absolute atomic E-state index is 12.4. The van der Waals surface area contributed by atoms with Gasteiger partial charge in [0, 0.05) is 36.8 Å². The summed E-state index contributed by atoms with van der Waals surface area (Å²) >= 11 is 0. The van der Waals surface area contributed by atoms with Crippen LogP contribution in [0.2, 0.25) is 0 Å². The van der Waals surface area contributed by atoms with Crippen molar-refractivity contribution in [3.8, 4) is 11.3 Å². The number of aromatic nitrogens is 3. The van der Waals surface area contributed by atoms with Crippen molar-refractivity contribution < 1.29 is 14.3 Å². The van der Waals surface area contributed by atoms with Gasteiger partial charge in [-0.05, 0) is 52.0 Å². The number of ether oxygens (including phenoxy) is 1. The van der Waals surface area contributed by atoms with Gasteiger partial charge in [0.05, 0.1) is 18.5 Å². The third-order valence-electron chi connectivity index (χ3n) is 4.63. The second-order valence-corrected chi connectivity index (χ2v) is 8.46. The lowest BCUT2D eigenvalue weighted by Crippen LogP contribution is -2.40. The molecule has 0 unspecified atom stereocenters. The average Bonchev–Trinajstić information content (AvgIpc) is 3.16. The van der Waals surface area contributed by atoms with Crippen molar-refractivity contribution in [1.29, 1.82) is 0 Å². The SMILES string of the molecule is CCOC(=O)N(C)CCNc1ccc2ncc(-c3ccc(C(=O)NC(C)(C)C)cc3)n2n1. The summed E-state index contributed by atoms with van der Waals surface area (Å²) in [7, 11) is 1.69. The maximum Gasteiger partial charge on any atom is 0.409 e. The summed E-state index contributed by atoms with van der Waals surface area (Å²) in [6, 6.07) is 11.1. The van der Waals surface area contributed by atoms with Crippen molar-refractivity contribution in [2.24, 2.45) is 0 Å². The Morgan fingerprint density at radius 2 is 1.84 bits per heavy atom. The first-order valence-corrected chi connectivity index (χ1v) is 10.6. The number of rotatable bonds is 7. The zero-order valence-corrected chi connectivity index (χ0v) is 19.2. The molecule has 0 aliphatic carbocycles. The smallest absolute Gasteiger partial charge is 0.409 e. The highest BCUT2D eigenvalue weighted by atomic mass is 16.5. The second-order valence-electron chi connectivity index (χ2n) is 8.46. The molecule has 0 radical (unpaired) electrons. The molecule has 2 heterocycles. The first-order chi connectivity index (χ1) is 15.2. The molecule has 0 aliphatic rings. The molecule has 0 spiro atoms. The molecule has 0 aliphatic heterocycles.